The fourth-order valence-electron chi connectivity index (χ4n) is 3.62. The summed E-state index contributed by atoms with van der Waals surface area (Å²) in [4.78, 5) is 16.8. The summed E-state index contributed by atoms with van der Waals surface area (Å²) in [6, 6.07) is 13.1. The maximum absolute atomic E-state index is 12.9. The highest BCUT2D eigenvalue weighted by atomic mass is 32.2. The molecule has 1 heterocycles. The lowest BCUT2D eigenvalue weighted by Gasteiger charge is -2.38. The van der Waals surface area contributed by atoms with E-state index >= 15 is 0 Å². The van der Waals surface area contributed by atoms with Crippen molar-refractivity contribution < 1.29 is 13.3 Å². The lowest BCUT2D eigenvalue weighted by Crippen LogP contribution is -2.48. The van der Waals surface area contributed by atoms with Gasteiger partial charge in [-0.05, 0) is 30.8 Å². The summed E-state index contributed by atoms with van der Waals surface area (Å²) in [6.07, 6.45) is 0. The van der Waals surface area contributed by atoms with Crippen molar-refractivity contribution in [3.63, 3.8) is 0 Å². The lowest BCUT2D eigenvalue weighted by molar-refractivity contribution is -0.385. The third kappa shape index (κ3) is 5.79. The van der Waals surface area contributed by atoms with Gasteiger partial charge in [0.2, 0.25) is 10.0 Å². The normalized spacial score (nSPS) is 16.7. The van der Waals surface area contributed by atoms with Crippen LogP contribution >= 0.6 is 0 Å². The van der Waals surface area contributed by atoms with E-state index in [-0.39, 0.29) is 23.2 Å². The molecule has 3 rings (SSSR count). The summed E-state index contributed by atoms with van der Waals surface area (Å²) in [5.41, 5.74) is 1.84. The summed E-state index contributed by atoms with van der Waals surface area (Å²) in [5, 5.41) is 11.0. The fourth-order valence-corrected chi connectivity index (χ4v) is 4.70. The van der Waals surface area contributed by atoms with Crippen molar-refractivity contribution in [2.45, 2.75) is 10.9 Å². The molecule has 2 aromatic rings. The van der Waals surface area contributed by atoms with Gasteiger partial charge in [0, 0.05) is 70.7 Å². The Morgan fingerprint density at radius 3 is 2.32 bits per heavy atom. The van der Waals surface area contributed by atoms with Crippen LogP contribution in [0.2, 0.25) is 0 Å². The average Bonchev–Trinajstić information content (AvgIpc) is 2.75. The first kappa shape index (κ1) is 23.1. The van der Waals surface area contributed by atoms with Crippen LogP contribution in [0.3, 0.4) is 0 Å². The summed E-state index contributed by atoms with van der Waals surface area (Å²) < 4.78 is 28.4. The standard InChI is InChI=1S/C21H29N5O4S/c1-23(2)18-9-7-17(8-10-18)21(25-13-11-24(3)12-14-25)16-22-31(29,30)20-6-4-5-19(15-20)26(27)28/h4-10,15,21-22H,11-14,16H2,1-3H3/t21-/m1/s1. The smallest absolute Gasteiger partial charge is 0.270 e. The number of hydrogen-bond acceptors (Lipinski definition) is 7. The topological polar surface area (TPSA) is 99.0 Å². The number of sulfonamides is 1. The molecule has 2 aromatic carbocycles. The third-order valence-corrected chi connectivity index (χ3v) is 7.00. The summed E-state index contributed by atoms with van der Waals surface area (Å²) in [7, 11) is 2.13. The molecule has 168 valence electrons. The number of anilines is 1. The molecule has 1 aliphatic rings. The molecule has 1 N–H and O–H groups in total. The largest absolute Gasteiger partial charge is 0.378 e. The van der Waals surface area contributed by atoms with Crippen LogP contribution in [0.25, 0.3) is 0 Å². The number of hydrogen-bond donors (Lipinski definition) is 1. The number of benzene rings is 2. The van der Waals surface area contributed by atoms with E-state index in [2.05, 4.69) is 21.6 Å². The fraction of sp³-hybridized carbons (Fsp3) is 0.429. The number of rotatable bonds is 8. The molecule has 0 radical (unpaired) electrons. The zero-order chi connectivity index (χ0) is 22.6. The molecule has 31 heavy (non-hydrogen) atoms. The van der Waals surface area contributed by atoms with Crippen LogP contribution in [0.1, 0.15) is 11.6 Å². The minimum atomic E-state index is -3.89. The number of non-ortho nitro benzene ring substituents is 1. The number of nitrogens with one attached hydrogen (secondary N) is 1. The van der Waals surface area contributed by atoms with E-state index in [0.29, 0.717) is 0 Å². The van der Waals surface area contributed by atoms with Crippen LogP contribution in [0.5, 0.6) is 0 Å². The summed E-state index contributed by atoms with van der Waals surface area (Å²) >= 11 is 0. The molecular weight excluding hydrogens is 418 g/mol. The highest BCUT2D eigenvalue weighted by Crippen LogP contribution is 2.25. The highest BCUT2D eigenvalue weighted by Gasteiger charge is 2.26. The molecule has 0 amide bonds. The number of nitro benzene ring substituents is 1. The van der Waals surface area contributed by atoms with E-state index in [9.17, 15) is 18.5 Å². The van der Waals surface area contributed by atoms with E-state index in [0.717, 1.165) is 43.5 Å². The van der Waals surface area contributed by atoms with Gasteiger partial charge in [-0.3, -0.25) is 15.0 Å². The quantitative estimate of drug-likeness (QED) is 0.488. The predicted molar refractivity (Wildman–Crippen MR) is 121 cm³/mol. The van der Waals surface area contributed by atoms with E-state index in [1.54, 1.807) is 0 Å². The molecule has 1 atom stereocenters. The number of nitro groups is 1. The van der Waals surface area contributed by atoms with Gasteiger partial charge in [0.05, 0.1) is 9.82 Å². The van der Waals surface area contributed by atoms with Gasteiger partial charge in [-0.1, -0.05) is 18.2 Å². The summed E-state index contributed by atoms with van der Waals surface area (Å²) in [6.45, 7) is 3.65. The minimum absolute atomic E-state index is 0.109. The average molecular weight is 448 g/mol. The Kier molecular flexibility index (Phi) is 7.26. The van der Waals surface area contributed by atoms with Crippen LogP contribution in [0, 0.1) is 10.1 Å². The number of nitrogens with zero attached hydrogens (tertiary/aromatic N) is 4. The van der Waals surface area contributed by atoms with E-state index in [1.165, 1.54) is 18.2 Å². The van der Waals surface area contributed by atoms with Crippen molar-refractivity contribution in [3.8, 4) is 0 Å². The Bertz CT molecular complexity index is 1000. The van der Waals surface area contributed by atoms with Gasteiger partial charge in [-0.15, -0.1) is 0 Å². The van der Waals surface area contributed by atoms with Crippen LogP contribution in [-0.4, -0.2) is 77.0 Å². The molecule has 9 nitrogen and oxygen atoms in total. The monoisotopic (exact) mass is 447 g/mol. The van der Waals surface area contributed by atoms with Crippen LogP contribution in [-0.2, 0) is 10.0 Å². The van der Waals surface area contributed by atoms with Gasteiger partial charge in [0.1, 0.15) is 0 Å². The molecule has 0 aromatic heterocycles. The molecule has 10 heteroatoms. The van der Waals surface area contributed by atoms with Crippen molar-refractivity contribution in [1.29, 1.82) is 0 Å². The molecule has 0 aliphatic carbocycles. The Morgan fingerprint density at radius 2 is 1.74 bits per heavy atom. The SMILES string of the molecule is CN1CCN([C@H](CNS(=O)(=O)c2cccc([N+](=O)[O-])c2)c2ccc(N(C)C)cc2)CC1. The predicted octanol–water partition coefficient (Wildman–Crippen LogP) is 1.93. The summed E-state index contributed by atoms with van der Waals surface area (Å²) in [5.74, 6) is 0. The second kappa shape index (κ2) is 9.73. The van der Waals surface area contributed by atoms with Crippen molar-refractivity contribution in [3.05, 3.63) is 64.2 Å². The van der Waals surface area contributed by atoms with E-state index in [1.807, 2.05) is 43.3 Å². The molecule has 0 spiro atoms. The first-order valence-corrected chi connectivity index (χ1v) is 11.6. The first-order chi connectivity index (χ1) is 14.7. The van der Waals surface area contributed by atoms with Gasteiger partial charge in [0.25, 0.3) is 5.69 Å². The van der Waals surface area contributed by atoms with Gasteiger partial charge < -0.3 is 9.80 Å². The maximum atomic E-state index is 12.9. The van der Waals surface area contributed by atoms with E-state index < -0.39 is 14.9 Å². The third-order valence-electron chi connectivity index (χ3n) is 5.58. The molecule has 0 bridgehead atoms. The minimum Gasteiger partial charge on any atom is -0.378 e. The molecule has 0 saturated carbocycles. The van der Waals surface area contributed by atoms with Crippen LogP contribution in [0.4, 0.5) is 11.4 Å². The van der Waals surface area contributed by atoms with Gasteiger partial charge in [-0.2, -0.15) is 0 Å². The van der Waals surface area contributed by atoms with Gasteiger partial charge in [-0.25, -0.2) is 13.1 Å². The lowest BCUT2D eigenvalue weighted by atomic mass is 10.0. The first-order valence-electron chi connectivity index (χ1n) is 10.1. The second-order valence-corrected chi connectivity index (χ2v) is 9.71. The highest BCUT2D eigenvalue weighted by molar-refractivity contribution is 7.89. The zero-order valence-electron chi connectivity index (χ0n) is 18.1. The second-order valence-electron chi connectivity index (χ2n) is 7.95. The van der Waals surface area contributed by atoms with Gasteiger partial charge >= 0.3 is 0 Å². The Hall–Kier alpha value is -2.53. The number of likely N-dealkylation sites (N-methyl/N-ethyl adjacent to an activating group) is 1. The number of piperazine rings is 1. The maximum Gasteiger partial charge on any atom is 0.270 e. The van der Waals surface area contributed by atoms with Crippen molar-refractivity contribution in [2.75, 3.05) is 58.8 Å². The Labute approximate surface area is 183 Å². The molecular formula is C21H29N5O4S. The van der Waals surface area contributed by atoms with E-state index in [4.69, 9.17) is 0 Å². The molecule has 1 saturated heterocycles. The van der Waals surface area contributed by atoms with Crippen molar-refractivity contribution >= 4 is 21.4 Å². The van der Waals surface area contributed by atoms with Crippen LogP contribution in [0.15, 0.2) is 53.4 Å². The molecule has 1 aliphatic heterocycles. The van der Waals surface area contributed by atoms with Crippen molar-refractivity contribution in [1.82, 2.24) is 14.5 Å². The molecule has 1 fully saturated rings. The van der Waals surface area contributed by atoms with Crippen LogP contribution < -0.4 is 9.62 Å². The molecule has 0 unspecified atom stereocenters. The Balaban J connectivity index is 1.82. The van der Waals surface area contributed by atoms with Gasteiger partial charge in [0.15, 0.2) is 0 Å². The Morgan fingerprint density at radius 1 is 1.10 bits per heavy atom. The van der Waals surface area contributed by atoms with Crippen molar-refractivity contribution in [2.24, 2.45) is 0 Å². The zero-order valence-corrected chi connectivity index (χ0v) is 18.9.